The lowest BCUT2D eigenvalue weighted by molar-refractivity contribution is -0.116. The lowest BCUT2D eigenvalue weighted by Gasteiger charge is -2.28. The van der Waals surface area contributed by atoms with Gasteiger partial charge < -0.3 is 5.32 Å². The highest BCUT2D eigenvalue weighted by molar-refractivity contribution is 7.92. The molecule has 1 saturated heterocycles. The quantitative estimate of drug-likeness (QED) is 0.870. The second-order valence-electron chi connectivity index (χ2n) is 6.32. The highest BCUT2D eigenvalue weighted by atomic mass is 32.2. The second kappa shape index (κ2) is 7.86. The molecule has 26 heavy (non-hydrogen) atoms. The largest absolute Gasteiger partial charge is 0.326 e. The number of nitrogens with zero attached hydrogens (tertiary/aromatic N) is 1. The summed E-state index contributed by atoms with van der Waals surface area (Å²) in [5, 5.41) is 2.78. The Bertz CT molecular complexity index is 882. The molecule has 0 unspecified atom stereocenters. The zero-order chi connectivity index (χ0) is 18.6. The monoisotopic (exact) mass is 376 g/mol. The Morgan fingerprint density at radius 2 is 1.88 bits per heavy atom. The first kappa shape index (κ1) is 18.4. The van der Waals surface area contributed by atoms with Crippen LogP contribution in [0, 0.1) is 5.82 Å². The van der Waals surface area contributed by atoms with E-state index >= 15 is 0 Å². The van der Waals surface area contributed by atoms with Crippen molar-refractivity contribution in [1.29, 1.82) is 0 Å². The average molecular weight is 376 g/mol. The van der Waals surface area contributed by atoms with Gasteiger partial charge in [-0.15, -0.1) is 0 Å². The molecule has 1 heterocycles. The van der Waals surface area contributed by atoms with Crippen molar-refractivity contribution in [2.75, 3.05) is 21.9 Å². The van der Waals surface area contributed by atoms with Crippen molar-refractivity contribution in [2.24, 2.45) is 0 Å². The van der Waals surface area contributed by atoms with E-state index in [0.717, 1.165) is 12.0 Å². The number of carbonyl (C=O) groups is 1. The number of sulfonamides is 1. The van der Waals surface area contributed by atoms with E-state index in [1.807, 2.05) is 0 Å². The third-order valence-electron chi connectivity index (χ3n) is 4.32. The molecular weight excluding hydrogens is 355 g/mol. The molecule has 1 fully saturated rings. The van der Waals surface area contributed by atoms with Gasteiger partial charge in [-0.25, -0.2) is 12.8 Å². The van der Waals surface area contributed by atoms with Crippen molar-refractivity contribution in [2.45, 2.75) is 25.7 Å². The predicted octanol–water partition coefficient (Wildman–Crippen LogP) is 3.33. The predicted molar refractivity (Wildman–Crippen MR) is 100 cm³/mol. The zero-order valence-electron chi connectivity index (χ0n) is 14.3. The molecule has 0 atom stereocenters. The van der Waals surface area contributed by atoms with E-state index in [4.69, 9.17) is 0 Å². The van der Waals surface area contributed by atoms with E-state index in [9.17, 15) is 17.6 Å². The van der Waals surface area contributed by atoms with Gasteiger partial charge in [-0.05, 0) is 61.2 Å². The Kier molecular flexibility index (Phi) is 5.56. The Balaban J connectivity index is 1.58. The molecule has 7 heteroatoms. The van der Waals surface area contributed by atoms with Gasteiger partial charge in [0.05, 0.1) is 11.4 Å². The van der Waals surface area contributed by atoms with Gasteiger partial charge in [-0.1, -0.05) is 12.1 Å². The van der Waals surface area contributed by atoms with Crippen molar-refractivity contribution in [3.8, 4) is 0 Å². The minimum absolute atomic E-state index is 0.172. The van der Waals surface area contributed by atoms with E-state index in [-0.39, 0.29) is 23.9 Å². The van der Waals surface area contributed by atoms with Crippen LogP contribution in [-0.4, -0.2) is 26.6 Å². The van der Waals surface area contributed by atoms with Gasteiger partial charge >= 0.3 is 0 Å². The summed E-state index contributed by atoms with van der Waals surface area (Å²) in [6.45, 7) is 0.488. The molecule has 1 N–H and O–H groups in total. The number of amides is 1. The van der Waals surface area contributed by atoms with Crippen LogP contribution in [0.1, 0.15) is 24.8 Å². The standard InChI is InChI=1S/C19H21FN2O3S/c20-16-5-3-4-15(14-16)6-11-19(23)21-17-7-9-18(10-8-17)22-12-1-2-13-26(22,24)25/h3-5,7-10,14H,1-2,6,11-13H2,(H,21,23). The van der Waals surface area contributed by atoms with Crippen molar-refractivity contribution < 1.29 is 17.6 Å². The highest BCUT2D eigenvalue weighted by Gasteiger charge is 2.25. The summed E-state index contributed by atoms with van der Waals surface area (Å²) < 4.78 is 38.8. The molecule has 5 nitrogen and oxygen atoms in total. The molecule has 1 amide bonds. The van der Waals surface area contributed by atoms with Crippen LogP contribution in [0.3, 0.4) is 0 Å². The number of benzene rings is 2. The number of hydrogen-bond acceptors (Lipinski definition) is 3. The molecule has 1 aliphatic rings. The van der Waals surface area contributed by atoms with Crippen LogP contribution < -0.4 is 9.62 Å². The van der Waals surface area contributed by atoms with Crippen molar-refractivity contribution >= 4 is 27.3 Å². The van der Waals surface area contributed by atoms with Crippen LogP contribution in [0.25, 0.3) is 0 Å². The minimum atomic E-state index is -3.24. The SMILES string of the molecule is O=C(CCc1cccc(F)c1)Nc1ccc(N2CCCCS2(=O)=O)cc1. The third kappa shape index (κ3) is 4.60. The van der Waals surface area contributed by atoms with E-state index in [0.29, 0.717) is 30.8 Å². The van der Waals surface area contributed by atoms with Gasteiger partial charge in [-0.2, -0.15) is 0 Å². The molecule has 0 aliphatic carbocycles. The third-order valence-corrected chi connectivity index (χ3v) is 6.19. The van der Waals surface area contributed by atoms with E-state index < -0.39 is 10.0 Å². The molecule has 0 spiro atoms. The highest BCUT2D eigenvalue weighted by Crippen LogP contribution is 2.25. The Hall–Kier alpha value is -2.41. The fraction of sp³-hybridized carbons (Fsp3) is 0.316. The number of halogens is 1. The second-order valence-corrected chi connectivity index (χ2v) is 8.33. The summed E-state index contributed by atoms with van der Waals surface area (Å²) >= 11 is 0. The Morgan fingerprint density at radius 3 is 2.58 bits per heavy atom. The van der Waals surface area contributed by atoms with Crippen LogP contribution in [0.4, 0.5) is 15.8 Å². The number of aryl methyl sites for hydroxylation is 1. The summed E-state index contributed by atoms with van der Waals surface area (Å²) in [6.07, 6.45) is 2.23. The van der Waals surface area contributed by atoms with Gasteiger partial charge in [0, 0.05) is 18.7 Å². The van der Waals surface area contributed by atoms with Crippen LogP contribution in [-0.2, 0) is 21.2 Å². The molecule has 0 radical (unpaired) electrons. The van der Waals surface area contributed by atoms with E-state index in [1.54, 1.807) is 36.4 Å². The minimum Gasteiger partial charge on any atom is -0.326 e. The maximum absolute atomic E-state index is 13.1. The molecular formula is C19H21FN2O3S. The van der Waals surface area contributed by atoms with Crippen molar-refractivity contribution in [3.63, 3.8) is 0 Å². The number of hydrogen-bond donors (Lipinski definition) is 1. The first-order valence-corrected chi connectivity index (χ1v) is 10.2. The average Bonchev–Trinajstić information content (AvgIpc) is 2.61. The normalized spacial score (nSPS) is 16.3. The number of anilines is 2. The lowest BCUT2D eigenvalue weighted by Crippen LogP contribution is -2.37. The van der Waals surface area contributed by atoms with Gasteiger partial charge in [0.25, 0.3) is 0 Å². The van der Waals surface area contributed by atoms with Crippen LogP contribution in [0.5, 0.6) is 0 Å². The molecule has 0 saturated carbocycles. The molecule has 0 bridgehead atoms. The van der Waals surface area contributed by atoms with Gasteiger partial charge in [-0.3, -0.25) is 9.10 Å². The van der Waals surface area contributed by atoms with E-state index in [2.05, 4.69) is 5.32 Å². The van der Waals surface area contributed by atoms with Crippen LogP contribution in [0.15, 0.2) is 48.5 Å². The first-order chi connectivity index (χ1) is 12.4. The molecule has 2 aromatic carbocycles. The number of carbonyl (C=O) groups excluding carboxylic acids is 1. The summed E-state index contributed by atoms with van der Waals surface area (Å²) in [4.78, 5) is 12.0. The maximum atomic E-state index is 13.1. The summed E-state index contributed by atoms with van der Waals surface area (Å²) in [5.74, 6) is -0.315. The van der Waals surface area contributed by atoms with Crippen LogP contribution >= 0.6 is 0 Å². The molecule has 3 rings (SSSR count). The summed E-state index contributed by atoms with van der Waals surface area (Å²) in [6, 6.07) is 13.0. The molecule has 1 aliphatic heterocycles. The van der Waals surface area contributed by atoms with Gasteiger partial charge in [0.15, 0.2) is 0 Å². The van der Waals surface area contributed by atoms with Crippen molar-refractivity contribution in [3.05, 3.63) is 59.9 Å². The van der Waals surface area contributed by atoms with Gasteiger partial charge in [0.1, 0.15) is 5.82 Å². The number of rotatable bonds is 5. The maximum Gasteiger partial charge on any atom is 0.235 e. The van der Waals surface area contributed by atoms with Crippen LogP contribution in [0.2, 0.25) is 0 Å². The fourth-order valence-electron chi connectivity index (χ4n) is 2.96. The summed E-state index contributed by atoms with van der Waals surface area (Å²) in [7, 11) is -3.24. The molecule has 138 valence electrons. The lowest BCUT2D eigenvalue weighted by atomic mass is 10.1. The smallest absolute Gasteiger partial charge is 0.235 e. The topological polar surface area (TPSA) is 66.5 Å². The molecule has 2 aromatic rings. The Morgan fingerprint density at radius 1 is 1.12 bits per heavy atom. The Labute approximate surface area is 152 Å². The van der Waals surface area contributed by atoms with Crippen molar-refractivity contribution in [1.82, 2.24) is 0 Å². The zero-order valence-corrected chi connectivity index (χ0v) is 15.1. The first-order valence-electron chi connectivity index (χ1n) is 8.59. The molecule has 0 aromatic heterocycles. The van der Waals surface area contributed by atoms with E-state index in [1.165, 1.54) is 16.4 Å². The fourth-order valence-corrected chi connectivity index (χ4v) is 4.60. The number of nitrogens with one attached hydrogen (secondary N) is 1. The summed E-state index contributed by atoms with van der Waals surface area (Å²) in [5.41, 5.74) is 1.99. The van der Waals surface area contributed by atoms with Gasteiger partial charge in [0.2, 0.25) is 15.9 Å².